The summed E-state index contributed by atoms with van der Waals surface area (Å²) in [5.41, 5.74) is 3.08. The molecular weight excluding hydrogens is 335 g/mol. The van der Waals surface area contributed by atoms with Gasteiger partial charge in [0, 0.05) is 0 Å². The molecule has 3 rings (SSSR count). The first-order valence-corrected chi connectivity index (χ1v) is 8.24. The van der Waals surface area contributed by atoms with Gasteiger partial charge in [-0.15, -0.1) is 0 Å². The van der Waals surface area contributed by atoms with Gasteiger partial charge >= 0.3 is 0 Å². The molecule has 0 saturated heterocycles. The molecule has 1 amide bonds. The highest BCUT2D eigenvalue weighted by Crippen LogP contribution is 2.25. The highest BCUT2D eigenvalue weighted by Gasteiger charge is 2.12. The Hall–Kier alpha value is -1.78. The molecule has 120 valence electrons. The van der Waals surface area contributed by atoms with Crippen LogP contribution in [-0.2, 0) is 12.8 Å². The highest BCUT2D eigenvalue weighted by molar-refractivity contribution is 6.34. The summed E-state index contributed by atoms with van der Waals surface area (Å²) < 4.78 is 5.68. The summed E-state index contributed by atoms with van der Waals surface area (Å²) in [5, 5.41) is 3.10. The van der Waals surface area contributed by atoms with Crippen molar-refractivity contribution in [3.8, 4) is 5.75 Å². The number of benzene rings is 1. The fourth-order valence-corrected chi connectivity index (χ4v) is 3.08. The summed E-state index contributed by atoms with van der Waals surface area (Å²) in [6.07, 6.45) is 3.48. The van der Waals surface area contributed by atoms with Crippen LogP contribution in [0.2, 0.25) is 10.3 Å². The molecule has 0 radical (unpaired) electrons. The molecule has 1 aromatic carbocycles. The van der Waals surface area contributed by atoms with E-state index in [0.29, 0.717) is 18.7 Å². The van der Waals surface area contributed by atoms with Gasteiger partial charge in [-0.3, -0.25) is 4.79 Å². The van der Waals surface area contributed by atoms with E-state index in [1.165, 1.54) is 23.6 Å². The van der Waals surface area contributed by atoms with Gasteiger partial charge in [0.15, 0.2) is 0 Å². The highest BCUT2D eigenvalue weighted by atomic mass is 35.5. The molecule has 0 atom stereocenters. The second-order valence-corrected chi connectivity index (χ2v) is 6.11. The Morgan fingerprint density at radius 1 is 1.17 bits per heavy atom. The molecule has 4 nitrogen and oxygen atoms in total. The first-order chi connectivity index (χ1) is 11.1. The van der Waals surface area contributed by atoms with Gasteiger partial charge in [0.05, 0.1) is 12.1 Å². The smallest absolute Gasteiger partial charge is 0.254 e. The fourth-order valence-electron chi connectivity index (χ4n) is 2.65. The maximum absolute atomic E-state index is 12.0. The van der Waals surface area contributed by atoms with Gasteiger partial charge in [-0.05, 0) is 54.7 Å². The third-order valence-electron chi connectivity index (χ3n) is 3.79. The molecule has 1 aliphatic rings. The summed E-state index contributed by atoms with van der Waals surface area (Å²) in [6.45, 7) is 0.776. The minimum Gasteiger partial charge on any atom is -0.492 e. The van der Waals surface area contributed by atoms with Crippen LogP contribution >= 0.6 is 23.2 Å². The summed E-state index contributed by atoms with van der Waals surface area (Å²) >= 11 is 11.6. The first kappa shape index (κ1) is 16.1. The van der Waals surface area contributed by atoms with Crippen molar-refractivity contribution in [2.45, 2.75) is 19.3 Å². The monoisotopic (exact) mass is 350 g/mol. The Balaban J connectivity index is 1.49. The number of fused-ring (bicyclic) bond motifs is 1. The van der Waals surface area contributed by atoms with Crippen LogP contribution in [0.25, 0.3) is 0 Å². The van der Waals surface area contributed by atoms with Gasteiger partial charge in [-0.25, -0.2) is 4.98 Å². The number of carbonyl (C=O) groups excluding carboxylic acids is 1. The Kier molecular flexibility index (Phi) is 5.03. The molecule has 6 heteroatoms. The minimum absolute atomic E-state index is 0.0922. The Bertz CT molecular complexity index is 735. The number of hydrogen-bond donors (Lipinski definition) is 1. The van der Waals surface area contributed by atoms with E-state index < -0.39 is 0 Å². The maximum atomic E-state index is 12.0. The zero-order chi connectivity index (χ0) is 16.2. The molecule has 1 aromatic heterocycles. The van der Waals surface area contributed by atoms with Gasteiger partial charge in [-0.1, -0.05) is 29.3 Å². The molecule has 1 heterocycles. The average Bonchev–Trinajstić information content (AvgIpc) is 2.99. The number of rotatable bonds is 5. The number of halogens is 2. The van der Waals surface area contributed by atoms with Crippen LogP contribution in [-0.4, -0.2) is 24.0 Å². The number of aryl methyl sites for hydroxylation is 2. The quantitative estimate of drug-likeness (QED) is 0.660. The number of amides is 1. The van der Waals surface area contributed by atoms with Gasteiger partial charge in [0.1, 0.15) is 22.7 Å². The van der Waals surface area contributed by atoms with Crippen LogP contribution in [0.15, 0.2) is 30.3 Å². The van der Waals surface area contributed by atoms with Crippen LogP contribution < -0.4 is 10.1 Å². The van der Waals surface area contributed by atoms with Crippen molar-refractivity contribution in [1.29, 1.82) is 0 Å². The second kappa shape index (κ2) is 7.20. The zero-order valence-corrected chi connectivity index (χ0v) is 14.0. The van der Waals surface area contributed by atoms with E-state index in [9.17, 15) is 4.79 Å². The number of nitrogens with one attached hydrogen (secondary N) is 1. The van der Waals surface area contributed by atoms with Crippen LogP contribution in [0.4, 0.5) is 0 Å². The average molecular weight is 351 g/mol. The Labute approximate surface area is 144 Å². The predicted octanol–water partition coefficient (Wildman–Crippen LogP) is 3.69. The normalized spacial score (nSPS) is 12.8. The van der Waals surface area contributed by atoms with Gasteiger partial charge < -0.3 is 10.1 Å². The van der Waals surface area contributed by atoms with E-state index in [-0.39, 0.29) is 16.2 Å². The van der Waals surface area contributed by atoms with Gasteiger partial charge in [0.2, 0.25) is 0 Å². The number of aromatic nitrogens is 1. The third kappa shape index (κ3) is 3.95. The minimum atomic E-state index is -0.295. The van der Waals surface area contributed by atoms with E-state index in [1.807, 2.05) is 6.07 Å². The van der Waals surface area contributed by atoms with Gasteiger partial charge in [-0.2, -0.15) is 0 Å². The Morgan fingerprint density at radius 2 is 2.00 bits per heavy atom. The maximum Gasteiger partial charge on any atom is 0.254 e. The molecule has 1 N–H and O–H groups in total. The van der Waals surface area contributed by atoms with Crippen molar-refractivity contribution in [3.05, 3.63) is 57.3 Å². The molecule has 0 aliphatic heterocycles. The van der Waals surface area contributed by atoms with Crippen molar-refractivity contribution in [1.82, 2.24) is 10.3 Å². The largest absolute Gasteiger partial charge is 0.492 e. The molecule has 2 aromatic rings. The molecule has 0 spiro atoms. The SMILES string of the molecule is O=C(NCCOc1ccc2c(c1)CCC2)c1ccc(Cl)nc1Cl. The van der Waals surface area contributed by atoms with E-state index in [0.717, 1.165) is 18.6 Å². The number of carbonyl (C=O) groups is 1. The number of pyridine rings is 1. The van der Waals surface area contributed by atoms with E-state index in [2.05, 4.69) is 22.4 Å². The molecular formula is C17H16Cl2N2O2. The molecule has 23 heavy (non-hydrogen) atoms. The van der Waals surface area contributed by atoms with Crippen molar-refractivity contribution in [2.24, 2.45) is 0 Å². The summed E-state index contributed by atoms with van der Waals surface area (Å²) in [6, 6.07) is 9.27. The topological polar surface area (TPSA) is 51.2 Å². The Morgan fingerprint density at radius 3 is 2.83 bits per heavy atom. The molecule has 0 fully saturated rings. The standard InChI is InChI=1S/C17H16Cl2N2O2/c18-15-7-6-14(16(19)21-15)17(22)20-8-9-23-13-5-4-11-2-1-3-12(11)10-13/h4-7,10H,1-3,8-9H2,(H,20,22). The van der Waals surface area contributed by atoms with E-state index in [4.69, 9.17) is 27.9 Å². The lowest BCUT2D eigenvalue weighted by molar-refractivity contribution is 0.0947. The number of ether oxygens (including phenoxy) is 1. The third-order valence-corrected chi connectivity index (χ3v) is 4.28. The fraction of sp³-hybridized carbons (Fsp3) is 0.294. The number of hydrogen-bond acceptors (Lipinski definition) is 3. The van der Waals surface area contributed by atoms with Crippen molar-refractivity contribution < 1.29 is 9.53 Å². The lowest BCUT2D eigenvalue weighted by Crippen LogP contribution is -2.28. The van der Waals surface area contributed by atoms with Crippen LogP contribution in [0.1, 0.15) is 27.9 Å². The van der Waals surface area contributed by atoms with Crippen LogP contribution in [0, 0.1) is 0 Å². The van der Waals surface area contributed by atoms with Crippen LogP contribution in [0.3, 0.4) is 0 Å². The van der Waals surface area contributed by atoms with Crippen molar-refractivity contribution in [2.75, 3.05) is 13.2 Å². The molecule has 0 unspecified atom stereocenters. The van der Waals surface area contributed by atoms with Gasteiger partial charge in [0.25, 0.3) is 5.91 Å². The lowest BCUT2D eigenvalue weighted by atomic mass is 10.1. The summed E-state index contributed by atoms with van der Waals surface area (Å²) in [7, 11) is 0. The predicted molar refractivity (Wildman–Crippen MR) is 90.6 cm³/mol. The lowest BCUT2D eigenvalue weighted by Gasteiger charge is -2.09. The van der Waals surface area contributed by atoms with E-state index >= 15 is 0 Å². The molecule has 0 bridgehead atoms. The van der Waals surface area contributed by atoms with Crippen molar-refractivity contribution >= 4 is 29.1 Å². The summed E-state index contributed by atoms with van der Waals surface area (Å²) in [5.74, 6) is 0.544. The number of nitrogens with zero attached hydrogens (tertiary/aromatic N) is 1. The summed E-state index contributed by atoms with van der Waals surface area (Å²) in [4.78, 5) is 15.8. The molecule has 0 saturated carbocycles. The van der Waals surface area contributed by atoms with E-state index in [1.54, 1.807) is 6.07 Å². The molecule has 1 aliphatic carbocycles. The zero-order valence-electron chi connectivity index (χ0n) is 12.4. The van der Waals surface area contributed by atoms with Crippen molar-refractivity contribution in [3.63, 3.8) is 0 Å². The van der Waals surface area contributed by atoms with Crippen LogP contribution in [0.5, 0.6) is 5.75 Å². The first-order valence-electron chi connectivity index (χ1n) is 7.48. The second-order valence-electron chi connectivity index (χ2n) is 5.36.